The number of hydrogen-bond donors (Lipinski definition) is 0. The van der Waals surface area contributed by atoms with Gasteiger partial charge in [0.15, 0.2) is 6.61 Å². The fourth-order valence-electron chi connectivity index (χ4n) is 2.19. The number of nitrogens with zero attached hydrogens (tertiary/aromatic N) is 2. The van der Waals surface area contributed by atoms with E-state index in [4.69, 9.17) is 16.3 Å². The Balaban J connectivity index is 1.81. The Morgan fingerprint density at radius 3 is 2.71 bits per heavy atom. The van der Waals surface area contributed by atoms with Crippen LogP contribution in [0.1, 0.15) is 0 Å². The third-order valence-corrected chi connectivity index (χ3v) is 3.65. The maximum Gasteiger partial charge on any atom is 0.260 e. The van der Waals surface area contributed by atoms with Crippen LogP contribution >= 0.6 is 11.6 Å². The molecule has 0 atom stereocenters. The van der Waals surface area contributed by atoms with E-state index in [0.717, 1.165) is 25.7 Å². The highest BCUT2D eigenvalue weighted by atomic mass is 35.5. The minimum atomic E-state index is -0.433. The van der Waals surface area contributed by atoms with Crippen molar-refractivity contribution in [3.63, 3.8) is 0 Å². The molecule has 6 heteroatoms. The van der Waals surface area contributed by atoms with E-state index in [9.17, 15) is 9.18 Å². The van der Waals surface area contributed by atoms with Crippen LogP contribution in [0.25, 0.3) is 0 Å². The minimum absolute atomic E-state index is 0.0892. The Bertz CT molecular complexity index is 516. The van der Waals surface area contributed by atoms with E-state index in [2.05, 4.69) is 11.5 Å². The molecule has 114 valence electrons. The van der Waals surface area contributed by atoms with E-state index in [0.29, 0.717) is 18.8 Å². The zero-order chi connectivity index (χ0) is 15.2. The first-order chi connectivity index (χ1) is 10.1. The average Bonchev–Trinajstić information content (AvgIpc) is 2.47. The van der Waals surface area contributed by atoms with Crippen molar-refractivity contribution in [2.75, 3.05) is 39.3 Å². The van der Waals surface area contributed by atoms with Crippen LogP contribution in [0, 0.1) is 5.82 Å². The number of rotatable bonds is 5. The highest BCUT2D eigenvalue weighted by Gasteiger charge is 2.20. The second-order valence-corrected chi connectivity index (χ2v) is 5.24. The highest BCUT2D eigenvalue weighted by molar-refractivity contribution is 6.32. The topological polar surface area (TPSA) is 32.8 Å². The Kier molecular flexibility index (Phi) is 5.59. The molecular formula is C15H18ClFN2O2. The van der Waals surface area contributed by atoms with Gasteiger partial charge in [0.25, 0.3) is 5.91 Å². The van der Waals surface area contributed by atoms with Crippen molar-refractivity contribution in [1.29, 1.82) is 0 Å². The molecule has 0 spiro atoms. The van der Waals surface area contributed by atoms with Gasteiger partial charge < -0.3 is 9.64 Å². The van der Waals surface area contributed by atoms with Gasteiger partial charge in [0, 0.05) is 32.7 Å². The molecule has 0 N–H and O–H groups in total. The predicted molar refractivity (Wildman–Crippen MR) is 80.1 cm³/mol. The van der Waals surface area contributed by atoms with E-state index in [1.807, 2.05) is 6.08 Å². The summed E-state index contributed by atoms with van der Waals surface area (Å²) in [6, 6.07) is 3.84. The summed E-state index contributed by atoms with van der Waals surface area (Å²) in [6.45, 7) is 7.46. The monoisotopic (exact) mass is 312 g/mol. The molecule has 1 aliphatic heterocycles. The Morgan fingerprint density at radius 1 is 1.38 bits per heavy atom. The Hall–Kier alpha value is -1.59. The largest absolute Gasteiger partial charge is 0.482 e. The molecule has 0 aliphatic carbocycles. The number of ether oxygens (including phenoxy) is 1. The lowest BCUT2D eigenvalue weighted by molar-refractivity contribution is -0.135. The van der Waals surface area contributed by atoms with E-state index in [-0.39, 0.29) is 17.5 Å². The molecule has 2 rings (SSSR count). The van der Waals surface area contributed by atoms with Crippen molar-refractivity contribution in [2.24, 2.45) is 0 Å². The second kappa shape index (κ2) is 7.43. The highest BCUT2D eigenvalue weighted by Crippen LogP contribution is 2.24. The van der Waals surface area contributed by atoms with Crippen molar-refractivity contribution in [3.8, 4) is 5.75 Å². The van der Waals surface area contributed by atoms with Gasteiger partial charge in [0.05, 0.1) is 5.02 Å². The van der Waals surface area contributed by atoms with Crippen LogP contribution < -0.4 is 4.74 Å². The van der Waals surface area contributed by atoms with Gasteiger partial charge in [-0.2, -0.15) is 0 Å². The molecule has 0 radical (unpaired) electrons. The standard InChI is InChI=1S/C15H18ClFN2O2/c1-2-5-18-6-8-19(9-7-18)15(20)11-21-14-4-3-12(17)10-13(14)16/h2-4,10H,1,5-9,11H2. The van der Waals surface area contributed by atoms with Gasteiger partial charge in [0.1, 0.15) is 11.6 Å². The number of piperazine rings is 1. The fraction of sp³-hybridized carbons (Fsp3) is 0.400. The van der Waals surface area contributed by atoms with Gasteiger partial charge in [-0.25, -0.2) is 4.39 Å². The number of hydrogen-bond acceptors (Lipinski definition) is 3. The molecule has 1 aromatic rings. The van der Waals surface area contributed by atoms with Crippen LogP contribution in [0.4, 0.5) is 4.39 Å². The molecule has 1 amide bonds. The smallest absolute Gasteiger partial charge is 0.260 e. The van der Waals surface area contributed by atoms with Crippen molar-refractivity contribution in [3.05, 3.63) is 41.7 Å². The average molecular weight is 313 g/mol. The Labute approximate surface area is 128 Å². The summed E-state index contributed by atoms with van der Waals surface area (Å²) in [5, 5.41) is 0.165. The Morgan fingerprint density at radius 2 is 2.10 bits per heavy atom. The number of halogens is 2. The summed E-state index contributed by atoms with van der Waals surface area (Å²) in [5.41, 5.74) is 0. The molecule has 4 nitrogen and oxygen atoms in total. The molecular weight excluding hydrogens is 295 g/mol. The van der Waals surface area contributed by atoms with E-state index < -0.39 is 5.82 Å². The van der Waals surface area contributed by atoms with E-state index in [1.165, 1.54) is 12.1 Å². The van der Waals surface area contributed by atoms with Crippen LogP contribution in [0.5, 0.6) is 5.75 Å². The summed E-state index contributed by atoms with van der Waals surface area (Å²) in [4.78, 5) is 16.1. The van der Waals surface area contributed by atoms with Gasteiger partial charge in [-0.15, -0.1) is 6.58 Å². The van der Waals surface area contributed by atoms with Crippen LogP contribution in [-0.4, -0.2) is 55.0 Å². The first kappa shape index (κ1) is 15.8. The second-order valence-electron chi connectivity index (χ2n) is 4.83. The predicted octanol–water partition coefficient (Wildman–Crippen LogP) is 2.19. The van der Waals surface area contributed by atoms with Gasteiger partial charge in [-0.3, -0.25) is 9.69 Å². The molecule has 0 unspecified atom stereocenters. The van der Waals surface area contributed by atoms with Crippen LogP contribution in [0.2, 0.25) is 5.02 Å². The van der Waals surface area contributed by atoms with Crippen LogP contribution in [-0.2, 0) is 4.79 Å². The zero-order valence-electron chi connectivity index (χ0n) is 11.7. The lowest BCUT2D eigenvalue weighted by Gasteiger charge is -2.34. The minimum Gasteiger partial charge on any atom is -0.482 e. The molecule has 1 heterocycles. The molecule has 1 saturated heterocycles. The van der Waals surface area contributed by atoms with E-state index in [1.54, 1.807) is 4.90 Å². The molecule has 0 saturated carbocycles. The van der Waals surface area contributed by atoms with Crippen molar-refractivity contribution in [2.45, 2.75) is 0 Å². The van der Waals surface area contributed by atoms with Crippen LogP contribution in [0.3, 0.4) is 0 Å². The van der Waals surface area contributed by atoms with Gasteiger partial charge in [-0.05, 0) is 18.2 Å². The molecule has 0 aromatic heterocycles. The third kappa shape index (κ3) is 4.44. The quantitative estimate of drug-likeness (QED) is 0.781. The number of carbonyl (C=O) groups excluding carboxylic acids is 1. The molecule has 21 heavy (non-hydrogen) atoms. The molecule has 1 fully saturated rings. The lowest BCUT2D eigenvalue weighted by Crippen LogP contribution is -2.49. The molecule has 1 aromatic carbocycles. The normalized spacial score (nSPS) is 15.8. The first-order valence-corrected chi connectivity index (χ1v) is 7.17. The fourth-order valence-corrected chi connectivity index (χ4v) is 2.41. The molecule has 1 aliphatic rings. The van der Waals surface area contributed by atoms with Gasteiger partial charge in [-0.1, -0.05) is 17.7 Å². The van der Waals surface area contributed by atoms with Crippen molar-refractivity contribution >= 4 is 17.5 Å². The van der Waals surface area contributed by atoms with Crippen molar-refractivity contribution in [1.82, 2.24) is 9.80 Å². The molecule has 0 bridgehead atoms. The summed E-state index contributed by atoms with van der Waals surface area (Å²) in [6.07, 6.45) is 1.86. The third-order valence-electron chi connectivity index (χ3n) is 3.36. The SMILES string of the molecule is C=CCN1CCN(C(=O)COc2ccc(F)cc2Cl)CC1. The van der Waals surface area contributed by atoms with Gasteiger partial charge >= 0.3 is 0 Å². The lowest BCUT2D eigenvalue weighted by atomic mass is 10.3. The van der Waals surface area contributed by atoms with Crippen LogP contribution in [0.15, 0.2) is 30.9 Å². The number of amides is 1. The maximum atomic E-state index is 12.9. The number of benzene rings is 1. The van der Waals surface area contributed by atoms with E-state index >= 15 is 0 Å². The summed E-state index contributed by atoms with van der Waals surface area (Å²) in [7, 11) is 0. The zero-order valence-corrected chi connectivity index (χ0v) is 12.5. The van der Waals surface area contributed by atoms with Crippen molar-refractivity contribution < 1.29 is 13.9 Å². The summed E-state index contributed by atoms with van der Waals surface area (Å²) >= 11 is 5.85. The maximum absolute atomic E-state index is 12.9. The number of carbonyl (C=O) groups is 1. The van der Waals surface area contributed by atoms with Gasteiger partial charge in [0.2, 0.25) is 0 Å². The first-order valence-electron chi connectivity index (χ1n) is 6.79. The summed E-state index contributed by atoms with van der Waals surface area (Å²) < 4.78 is 18.3. The summed E-state index contributed by atoms with van der Waals surface area (Å²) in [5.74, 6) is -0.206.